The van der Waals surface area contributed by atoms with Gasteiger partial charge in [-0.05, 0) is 59.9 Å². The minimum atomic E-state index is -3.98. The Kier molecular flexibility index (Phi) is 9.35. The Morgan fingerprint density at radius 1 is 0.974 bits per heavy atom. The predicted octanol–water partition coefficient (Wildman–Crippen LogP) is 4.86. The number of hydrogen-bond donors (Lipinski definition) is 1. The number of carbonyl (C=O) groups excluding carboxylic acids is 2. The Morgan fingerprint density at radius 2 is 1.64 bits per heavy atom. The minimum absolute atomic E-state index is 0.0551. The number of nitrogens with zero attached hydrogens (tertiary/aromatic N) is 2. The molecule has 0 saturated heterocycles. The number of sulfonamides is 1. The number of amides is 2. The molecule has 9 heteroatoms. The van der Waals surface area contributed by atoms with Gasteiger partial charge in [0.25, 0.3) is 0 Å². The molecule has 2 amide bonds. The van der Waals surface area contributed by atoms with E-state index in [2.05, 4.69) is 5.32 Å². The van der Waals surface area contributed by atoms with Gasteiger partial charge in [0.05, 0.1) is 11.4 Å². The lowest BCUT2D eigenvalue weighted by atomic mass is 9.95. The molecule has 3 aromatic rings. The van der Waals surface area contributed by atoms with E-state index in [9.17, 15) is 22.4 Å². The van der Waals surface area contributed by atoms with E-state index in [-0.39, 0.29) is 23.4 Å². The summed E-state index contributed by atoms with van der Waals surface area (Å²) in [5, 5.41) is 4.79. The summed E-state index contributed by atoms with van der Waals surface area (Å²) in [5.74, 6) is -1.16. The van der Waals surface area contributed by atoms with Crippen LogP contribution in [-0.4, -0.2) is 55.1 Å². The fraction of sp³-hybridized carbons (Fsp3) is 0.400. The van der Waals surface area contributed by atoms with E-state index in [0.717, 1.165) is 47.2 Å². The zero-order valence-electron chi connectivity index (χ0n) is 22.5. The fourth-order valence-corrected chi connectivity index (χ4v) is 6.28. The van der Waals surface area contributed by atoms with Crippen molar-refractivity contribution in [2.45, 2.75) is 69.0 Å². The lowest BCUT2D eigenvalue weighted by Gasteiger charge is -2.33. The van der Waals surface area contributed by atoms with Crippen molar-refractivity contribution in [1.82, 2.24) is 14.5 Å². The molecular formula is C30H36FN3O4S. The molecular weight excluding hydrogens is 517 g/mol. The van der Waals surface area contributed by atoms with Gasteiger partial charge >= 0.3 is 0 Å². The quantitative estimate of drug-likeness (QED) is 0.389. The molecule has 0 heterocycles. The molecule has 208 valence electrons. The largest absolute Gasteiger partial charge is 0.352 e. The number of carbonyl (C=O) groups is 2. The average molecular weight is 554 g/mol. The molecule has 7 nitrogen and oxygen atoms in total. The van der Waals surface area contributed by atoms with E-state index in [1.165, 1.54) is 30.1 Å². The maximum atomic E-state index is 13.7. The van der Waals surface area contributed by atoms with E-state index in [1.807, 2.05) is 31.2 Å². The van der Waals surface area contributed by atoms with Crippen LogP contribution in [0.5, 0.6) is 0 Å². The maximum absolute atomic E-state index is 13.7. The molecule has 0 aliphatic heterocycles. The molecule has 4 rings (SSSR count). The highest BCUT2D eigenvalue weighted by atomic mass is 32.2. The minimum Gasteiger partial charge on any atom is -0.352 e. The van der Waals surface area contributed by atoms with Gasteiger partial charge in [0.15, 0.2) is 0 Å². The van der Waals surface area contributed by atoms with Crippen molar-refractivity contribution in [3.8, 4) is 0 Å². The first kappa shape index (κ1) is 28.7. The number of rotatable bonds is 10. The van der Waals surface area contributed by atoms with E-state index in [1.54, 1.807) is 24.3 Å². The number of nitrogens with one attached hydrogen (secondary N) is 1. The third kappa shape index (κ3) is 7.02. The second-order valence-electron chi connectivity index (χ2n) is 10.2. The molecule has 0 aromatic heterocycles. The number of likely N-dealkylation sites (N-methyl/N-ethyl adjacent to an activating group) is 1. The Bertz CT molecular complexity index is 1410. The summed E-state index contributed by atoms with van der Waals surface area (Å²) >= 11 is 0. The van der Waals surface area contributed by atoms with Gasteiger partial charge in [-0.3, -0.25) is 9.59 Å². The summed E-state index contributed by atoms with van der Waals surface area (Å²) in [6.07, 6.45) is 5.42. The molecule has 1 fully saturated rings. The Balaban J connectivity index is 1.56. The standard InChI is InChI=1S/C30H36FN3O4S/c1-3-28(30(36)32-26-11-5-4-6-12-26)34(20-22-13-16-25(31)17-14-22)29(35)21-33(2)39(37,38)27-18-15-23-9-7-8-10-24(23)19-27/h7-10,13-19,26,28H,3-6,11-12,20-21H2,1-2H3,(H,32,36)/t28-/m0/s1. The predicted molar refractivity (Wildman–Crippen MR) is 150 cm³/mol. The summed E-state index contributed by atoms with van der Waals surface area (Å²) in [5.41, 5.74) is 0.647. The van der Waals surface area contributed by atoms with Crippen LogP contribution in [0, 0.1) is 5.82 Å². The zero-order chi connectivity index (χ0) is 28.0. The first-order chi connectivity index (χ1) is 18.7. The topological polar surface area (TPSA) is 86.8 Å². The molecule has 0 unspecified atom stereocenters. The van der Waals surface area contributed by atoms with Crippen LogP contribution in [0.15, 0.2) is 71.6 Å². The highest BCUT2D eigenvalue weighted by molar-refractivity contribution is 7.89. The van der Waals surface area contributed by atoms with Gasteiger partial charge in [-0.1, -0.05) is 68.7 Å². The number of hydrogen-bond acceptors (Lipinski definition) is 4. The van der Waals surface area contributed by atoms with E-state index >= 15 is 0 Å². The van der Waals surface area contributed by atoms with Gasteiger partial charge < -0.3 is 10.2 Å². The monoisotopic (exact) mass is 553 g/mol. The zero-order valence-corrected chi connectivity index (χ0v) is 23.3. The fourth-order valence-electron chi connectivity index (χ4n) is 5.12. The Labute approximate surface area is 230 Å². The van der Waals surface area contributed by atoms with Crippen LogP contribution in [-0.2, 0) is 26.2 Å². The molecule has 0 radical (unpaired) electrons. The molecule has 1 aliphatic carbocycles. The van der Waals surface area contributed by atoms with Crippen molar-refractivity contribution in [2.24, 2.45) is 0 Å². The van der Waals surface area contributed by atoms with Crippen LogP contribution in [0.3, 0.4) is 0 Å². The number of fused-ring (bicyclic) bond motifs is 1. The SMILES string of the molecule is CC[C@@H](C(=O)NC1CCCCC1)N(Cc1ccc(F)cc1)C(=O)CN(C)S(=O)(=O)c1ccc2ccccc2c1. The Morgan fingerprint density at radius 3 is 2.31 bits per heavy atom. The van der Waals surface area contributed by atoms with Crippen molar-refractivity contribution >= 4 is 32.6 Å². The number of halogens is 1. The molecule has 1 aliphatic rings. The van der Waals surface area contributed by atoms with Crippen molar-refractivity contribution in [2.75, 3.05) is 13.6 Å². The van der Waals surface area contributed by atoms with Gasteiger partial charge in [0.1, 0.15) is 11.9 Å². The lowest BCUT2D eigenvalue weighted by molar-refractivity contribution is -0.141. The van der Waals surface area contributed by atoms with E-state index in [4.69, 9.17) is 0 Å². The van der Waals surface area contributed by atoms with Crippen LogP contribution in [0.25, 0.3) is 10.8 Å². The first-order valence-electron chi connectivity index (χ1n) is 13.5. The summed E-state index contributed by atoms with van der Waals surface area (Å²) < 4.78 is 41.4. The highest BCUT2D eigenvalue weighted by Gasteiger charge is 2.33. The Hall–Kier alpha value is -3.30. The molecule has 3 aromatic carbocycles. The lowest BCUT2D eigenvalue weighted by Crippen LogP contribution is -2.53. The van der Waals surface area contributed by atoms with Crippen LogP contribution in [0.2, 0.25) is 0 Å². The van der Waals surface area contributed by atoms with Gasteiger partial charge in [0.2, 0.25) is 21.8 Å². The molecule has 1 N–H and O–H groups in total. The van der Waals surface area contributed by atoms with Crippen LogP contribution in [0.4, 0.5) is 4.39 Å². The van der Waals surface area contributed by atoms with Crippen LogP contribution >= 0.6 is 0 Å². The maximum Gasteiger partial charge on any atom is 0.243 e. The smallest absolute Gasteiger partial charge is 0.243 e. The third-order valence-electron chi connectivity index (χ3n) is 7.39. The third-order valence-corrected chi connectivity index (χ3v) is 9.19. The summed E-state index contributed by atoms with van der Waals surface area (Å²) in [7, 11) is -2.61. The number of benzene rings is 3. The second-order valence-corrected chi connectivity index (χ2v) is 12.2. The van der Waals surface area contributed by atoms with Crippen molar-refractivity contribution in [3.63, 3.8) is 0 Å². The van der Waals surface area contributed by atoms with Gasteiger partial charge in [-0.15, -0.1) is 0 Å². The average Bonchev–Trinajstić information content (AvgIpc) is 2.94. The van der Waals surface area contributed by atoms with E-state index in [0.29, 0.717) is 12.0 Å². The summed E-state index contributed by atoms with van der Waals surface area (Å²) in [6, 6.07) is 17.3. The summed E-state index contributed by atoms with van der Waals surface area (Å²) in [6.45, 7) is 1.44. The van der Waals surface area contributed by atoms with Gasteiger partial charge in [-0.25, -0.2) is 12.8 Å². The first-order valence-corrected chi connectivity index (χ1v) is 14.9. The molecule has 0 spiro atoms. The van der Waals surface area contributed by atoms with Crippen molar-refractivity contribution in [3.05, 3.63) is 78.1 Å². The van der Waals surface area contributed by atoms with Crippen LogP contribution < -0.4 is 5.32 Å². The van der Waals surface area contributed by atoms with Crippen molar-refractivity contribution in [1.29, 1.82) is 0 Å². The van der Waals surface area contributed by atoms with E-state index < -0.39 is 34.3 Å². The normalized spacial score (nSPS) is 15.3. The van der Waals surface area contributed by atoms with Crippen molar-refractivity contribution < 1.29 is 22.4 Å². The molecule has 1 atom stereocenters. The highest BCUT2D eigenvalue weighted by Crippen LogP contribution is 2.23. The summed E-state index contributed by atoms with van der Waals surface area (Å²) in [4.78, 5) is 28.5. The van der Waals surface area contributed by atoms with Gasteiger partial charge in [-0.2, -0.15) is 4.31 Å². The molecule has 39 heavy (non-hydrogen) atoms. The van der Waals surface area contributed by atoms with Gasteiger partial charge in [0, 0.05) is 19.6 Å². The molecule has 1 saturated carbocycles. The second kappa shape index (κ2) is 12.7. The van der Waals surface area contributed by atoms with Crippen LogP contribution in [0.1, 0.15) is 51.0 Å². The molecule has 0 bridgehead atoms.